The largest absolute Gasteiger partial charge is 0.448 e. The van der Waals surface area contributed by atoms with Crippen LogP contribution in [0, 0.1) is 6.92 Å². The predicted octanol–water partition coefficient (Wildman–Crippen LogP) is 3.00. The third-order valence-electron chi connectivity index (χ3n) is 2.59. The van der Waals surface area contributed by atoms with Gasteiger partial charge in [0.15, 0.2) is 6.39 Å². The normalized spacial score (nSPS) is 14.8. The van der Waals surface area contributed by atoms with Crippen molar-refractivity contribution < 1.29 is 9.52 Å². The SMILES string of the molecule is Cc1ocnc1C(C)(O)c1cccc(Br)c1. The number of benzene rings is 1. The summed E-state index contributed by atoms with van der Waals surface area (Å²) in [4.78, 5) is 4.06. The maximum atomic E-state index is 10.5. The molecule has 0 amide bonds. The smallest absolute Gasteiger partial charge is 0.181 e. The highest BCUT2D eigenvalue weighted by molar-refractivity contribution is 9.10. The first-order chi connectivity index (χ1) is 7.51. The van der Waals surface area contributed by atoms with Gasteiger partial charge < -0.3 is 9.52 Å². The monoisotopic (exact) mass is 281 g/mol. The van der Waals surface area contributed by atoms with E-state index in [1.165, 1.54) is 6.39 Å². The molecule has 1 unspecified atom stereocenters. The number of rotatable bonds is 2. The molecule has 0 spiro atoms. The Balaban J connectivity index is 2.51. The van der Waals surface area contributed by atoms with Gasteiger partial charge in [-0.3, -0.25) is 0 Å². The number of aliphatic hydroxyl groups is 1. The molecule has 3 nitrogen and oxygen atoms in total. The lowest BCUT2D eigenvalue weighted by Gasteiger charge is -2.22. The Morgan fingerprint density at radius 2 is 2.19 bits per heavy atom. The quantitative estimate of drug-likeness (QED) is 0.921. The van der Waals surface area contributed by atoms with E-state index in [-0.39, 0.29) is 0 Å². The van der Waals surface area contributed by atoms with Crippen LogP contribution < -0.4 is 0 Å². The molecule has 0 saturated carbocycles. The van der Waals surface area contributed by atoms with Gasteiger partial charge in [-0.15, -0.1) is 0 Å². The average Bonchev–Trinajstić information content (AvgIpc) is 2.65. The minimum Gasteiger partial charge on any atom is -0.448 e. The van der Waals surface area contributed by atoms with Crippen LogP contribution in [0.1, 0.15) is 23.9 Å². The fourth-order valence-corrected chi connectivity index (χ4v) is 2.10. The van der Waals surface area contributed by atoms with Crippen LogP contribution in [0.25, 0.3) is 0 Å². The van der Waals surface area contributed by atoms with E-state index in [0.29, 0.717) is 11.5 Å². The second kappa shape index (κ2) is 4.03. The summed E-state index contributed by atoms with van der Waals surface area (Å²) in [6.07, 6.45) is 1.34. The van der Waals surface area contributed by atoms with Gasteiger partial charge in [0.25, 0.3) is 0 Å². The number of nitrogens with zero attached hydrogens (tertiary/aromatic N) is 1. The molecule has 1 heterocycles. The topological polar surface area (TPSA) is 46.3 Å². The van der Waals surface area contributed by atoms with Gasteiger partial charge in [-0.25, -0.2) is 4.98 Å². The number of hydrogen-bond donors (Lipinski definition) is 1. The van der Waals surface area contributed by atoms with E-state index in [1.807, 2.05) is 24.3 Å². The van der Waals surface area contributed by atoms with Crippen LogP contribution in [0.5, 0.6) is 0 Å². The van der Waals surface area contributed by atoms with Crippen molar-refractivity contribution in [1.82, 2.24) is 4.98 Å². The van der Waals surface area contributed by atoms with Gasteiger partial charge in [-0.2, -0.15) is 0 Å². The van der Waals surface area contributed by atoms with Crippen LogP contribution in [0.4, 0.5) is 0 Å². The van der Waals surface area contributed by atoms with E-state index in [9.17, 15) is 5.11 Å². The maximum Gasteiger partial charge on any atom is 0.181 e. The van der Waals surface area contributed by atoms with Crippen LogP contribution in [0.3, 0.4) is 0 Å². The van der Waals surface area contributed by atoms with Crippen LogP contribution in [-0.4, -0.2) is 10.1 Å². The van der Waals surface area contributed by atoms with Gasteiger partial charge in [0.2, 0.25) is 0 Å². The summed E-state index contributed by atoms with van der Waals surface area (Å²) in [7, 11) is 0. The Kier molecular flexibility index (Phi) is 2.86. The first-order valence-electron chi connectivity index (χ1n) is 4.91. The van der Waals surface area contributed by atoms with E-state index < -0.39 is 5.60 Å². The number of halogens is 1. The Morgan fingerprint density at radius 3 is 2.75 bits per heavy atom. The molecule has 16 heavy (non-hydrogen) atoms. The second-order valence-corrected chi connectivity index (χ2v) is 4.76. The Bertz CT molecular complexity index is 505. The molecule has 0 bridgehead atoms. The highest BCUT2D eigenvalue weighted by Crippen LogP contribution is 2.31. The van der Waals surface area contributed by atoms with Crippen molar-refractivity contribution in [3.63, 3.8) is 0 Å². The van der Waals surface area contributed by atoms with Gasteiger partial charge in [-0.05, 0) is 31.5 Å². The molecule has 2 aromatic rings. The minimum absolute atomic E-state index is 0.547. The average molecular weight is 282 g/mol. The Hall–Kier alpha value is -1.13. The highest BCUT2D eigenvalue weighted by Gasteiger charge is 2.30. The number of hydrogen-bond acceptors (Lipinski definition) is 3. The number of oxazole rings is 1. The summed E-state index contributed by atoms with van der Waals surface area (Å²) in [6.45, 7) is 3.49. The van der Waals surface area contributed by atoms with E-state index in [4.69, 9.17) is 4.42 Å². The molecular weight excluding hydrogens is 270 g/mol. The minimum atomic E-state index is -1.14. The highest BCUT2D eigenvalue weighted by atomic mass is 79.9. The van der Waals surface area contributed by atoms with Crippen LogP contribution in [0.15, 0.2) is 39.5 Å². The lowest BCUT2D eigenvalue weighted by atomic mass is 9.92. The van der Waals surface area contributed by atoms with Gasteiger partial charge >= 0.3 is 0 Å². The van der Waals surface area contributed by atoms with E-state index in [2.05, 4.69) is 20.9 Å². The zero-order valence-corrected chi connectivity index (χ0v) is 10.7. The standard InChI is InChI=1S/C12H12BrNO2/c1-8-11(14-7-16-8)12(2,15)9-4-3-5-10(13)6-9/h3-7,15H,1-2H3. The summed E-state index contributed by atoms with van der Waals surface area (Å²) in [5.74, 6) is 0.630. The molecule has 0 aliphatic heterocycles. The summed E-state index contributed by atoms with van der Waals surface area (Å²) in [5, 5.41) is 10.5. The van der Waals surface area contributed by atoms with Crippen molar-refractivity contribution in [2.75, 3.05) is 0 Å². The number of aromatic nitrogens is 1. The van der Waals surface area contributed by atoms with Gasteiger partial charge in [0.1, 0.15) is 17.1 Å². The van der Waals surface area contributed by atoms with Crippen LogP contribution >= 0.6 is 15.9 Å². The first-order valence-corrected chi connectivity index (χ1v) is 5.70. The van der Waals surface area contributed by atoms with E-state index in [1.54, 1.807) is 13.8 Å². The van der Waals surface area contributed by atoms with E-state index >= 15 is 0 Å². The fourth-order valence-electron chi connectivity index (χ4n) is 1.70. The Morgan fingerprint density at radius 1 is 1.44 bits per heavy atom. The lowest BCUT2D eigenvalue weighted by molar-refractivity contribution is 0.0962. The maximum absolute atomic E-state index is 10.5. The zero-order valence-electron chi connectivity index (χ0n) is 9.07. The first kappa shape index (κ1) is 11.4. The summed E-state index contributed by atoms with van der Waals surface area (Å²) in [5.41, 5.74) is 0.186. The summed E-state index contributed by atoms with van der Waals surface area (Å²) in [6, 6.07) is 7.52. The number of aryl methyl sites for hydroxylation is 1. The molecule has 0 saturated heterocycles. The second-order valence-electron chi connectivity index (χ2n) is 3.84. The Labute approximate surface area is 102 Å². The van der Waals surface area contributed by atoms with E-state index in [0.717, 1.165) is 10.0 Å². The third-order valence-corrected chi connectivity index (χ3v) is 3.09. The molecule has 1 N–H and O–H groups in total. The van der Waals surface area contributed by atoms with Crippen LogP contribution in [0.2, 0.25) is 0 Å². The molecule has 4 heteroatoms. The van der Waals surface area contributed by atoms with Gasteiger partial charge in [0.05, 0.1) is 0 Å². The van der Waals surface area contributed by atoms with Gasteiger partial charge in [-0.1, -0.05) is 28.1 Å². The third kappa shape index (κ3) is 1.90. The molecular formula is C12H12BrNO2. The van der Waals surface area contributed by atoms with Crippen LogP contribution in [-0.2, 0) is 5.60 Å². The van der Waals surface area contributed by atoms with Crippen molar-refractivity contribution in [2.24, 2.45) is 0 Å². The molecule has 0 radical (unpaired) electrons. The van der Waals surface area contributed by atoms with Gasteiger partial charge in [0, 0.05) is 4.47 Å². The molecule has 1 aromatic heterocycles. The van der Waals surface area contributed by atoms with Crippen molar-refractivity contribution in [1.29, 1.82) is 0 Å². The van der Waals surface area contributed by atoms with Crippen molar-refractivity contribution >= 4 is 15.9 Å². The zero-order chi connectivity index (χ0) is 11.8. The molecule has 0 aliphatic rings. The van der Waals surface area contributed by atoms with Crippen molar-refractivity contribution in [3.8, 4) is 0 Å². The molecule has 2 rings (SSSR count). The fraction of sp³-hybridized carbons (Fsp3) is 0.250. The molecule has 0 fully saturated rings. The summed E-state index contributed by atoms with van der Waals surface area (Å²) < 4.78 is 6.04. The lowest BCUT2D eigenvalue weighted by Crippen LogP contribution is -2.24. The summed E-state index contributed by atoms with van der Waals surface area (Å²) >= 11 is 3.38. The van der Waals surface area contributed by atoms with Crippen molar-refractivity contribution in [3.05, 3.63) is 52.1 Å². The molecule has 1 atom stereocenters. The predicted molar refractivity (Wildman–Crippen MR) is 64.1 cm³/mol. The molecule has 0 aliphatic carbocycles. The molecule has 1 aromatic carbocycles. The van der Waals surface area contributed by atoms with Crippen molar-refractivity contribution in [2.45, 2.75) is 19.4 Å². The molecule has 84 valence electrons.